The van der Waals surface area contributed by atoms with Gasteiger partial charge in [0.15, 0.2) is 0 Å². The molecule has 0 radical (unpaired) electrons. The van der Waals surface area contributed by atoms with Crippen molar-refractivity contribution >= 4 is 5.95 Å². The topological polar surface area (TPSA) is 81.7 Å². The summed E-state index contributed by atoms with van der Waals surface area (Å²) < 4.78 is 1.73. The average Bonchev–Trinajstić information content (AvgIpc) is 3.14. The maximum absolute atomic E-state index is 5.82. The van der Waals surface area contributed by atoms with E-state index >= 15 is 0 Å². The van der Waals surface area contributed by atoms with E-state index in [1.54, 1.807) is 4.68 Å². The Morgan fingerprint density at radius 3 is 2.80 bits per heavy atom. The first-order chi connectivity index (χ1) is 9.88. The van der Waals surface area contributed by atoms with Gasteiger partial charge in [-0.05, 0) is 53.8 Å². The Morgan fingerprint density at radius 1 is 1.20 bits per heavy atom. The van der Waals surface area contributed by atoms with Crippen molar-refractivity contribution in [3.63, 3.8) is 0 Å². The number of aromatic nitrogens is 4. The van der Waals surface area contributed by atoms with Gasteiger partial charge in [0.2, 0.25) is 5.95 Å². The van der Waals surface area contributed by atoms with Crippen LogP contribution in [0.5, 0.6) is 0 Å². The molecule has 1 aromatic heterocycles. The molecule has 3 rings (SSSR count). The third-order valence-electron chi connectivity index (χ3n) is 4.11. The smallest absolute Gasteiger partial charge is 0.247 e. The lowest BCUT2D eigenvalue weighted by Crippen LogP contribution is -2.25. The first kappa shape index (κ1) is 13.1. The summed E-state index contributed by atoms with van der Waals surface area (Å²) >= 11 is 0. The molecule has 0 saturated heterocycles. The predicted molar refractivity (Wildman–Crippen MR) is 77.5 cm³/mol. The molecule has 0 spiro atoms. The number of nitrogens with two attached hydrogens (primary N) is 1. The van der Waals surface area contributed by atoms with Gasteiger partial charge in [-0.25, -0.2) is 0 Å². The highest BCUT2D eigenvalue weighted by atomic mass is 15.6. The standard InChI is InChI=1S/C14H20N6/c15-9-11-5-4-6-12(11)10-16-14-17-18-19-20(14)13-7-2-1-3-8-13/h1-3,7-8,11-12H,4-6,9-10,15H2,(H,16,17,19). The fraction of sp³-hybridized carbons (Fsp3) is 0.500. The average molecular weight is 272 g/mol. The van der Waals surface area contributed by atoms with Crippen molar-refractivity contribution in [3.8, 4) is 5.69 Å². The number of rotatable bonds is 5. The Labute approximate surface area is 118 Å². The van der Waals surface area contributed by atoms with Crippen molar-refractivity contribution in [2.45, 2.75) is 19.3 Å². The lowest BCUT2D eigenvalue weighted by molar-refractivity contribution is 0.413. The van der Waals surface area contributed by atoms with Gasteiger partial charge in [0.25, 0.3) is 0 Å². The first-order valence-electron chi connectivity index (χ1n) is 7.16. The van der Waals surface area contributed by atoms with Crippen LogP contribution in [0.1, 0.15) is 19.3 Å². The molecule has 6 heteroatoms. The lowest BCUT2D eigenvalue weighted by Gasteiger charge is -2.18. The molecule has 1 aliphatic carbocycles. The van der Waals surface area contributed by atoms with E-state index in [0.29, 0.717) is 17.8 Å². The summed E-state index contributed by atoms with van der Waals surface area (Å²) in [6.07, 6.45) is 3.76. The molecule has 6 nitrogen and oxygen atoms in total. The zero-order chi connectivity index (χ0) is 13.8. The number of hydrogen-bond acceptors (Lipinski definition) is 5. The molecular weight excluding hydrogens is 252 g/mol. The summed E-state index contributed by atoms with van der Waals surface area (Å²) in [5.41, 5.74) is 6.78. The van der Waals surface area contributed by atoms with Gasteiger partial charge in [0.05, 0.1) is 5.69 Å². The predicted octanol–water partition coefficient (Wildman–Crippen LogP) is 1.45. The van der Waals surface area contributed by atoms with Gasteiger partial charge in [-0.2, -0.15) is 4.68 Å². The Kier molecular flexibility index (Phi) is 3.92. The van der Waals surface area contributed by atoms with Crippen LogP contribution in [0.3, 0.4) is 0 Å². The Morgan fingerprint density at radius 2 is 2.00 bits per heavy atom. The van der Waals surface area contributed by atoms with Crippen LogP contribution in [0.15, 0.2) is 30.3 Å². The number of tetrazole rings is 1. The molecular formula is C14H20N6. The largest absolute Gasteiger partial charge is 0.352 e. The fourth-order valence-corrected chi connectivity index (χ4v) is 2.96. The van der Waals surface area contributed by atoms with Crippen LogP contribution in [0.2, 0.25) is 0 Å². The van der Waals surface area contributed by atoms with Crippen molar-refractivity contribution < 1.29 is 0 Å². The van der Waals surface area contributed by atoms with Crippen LogP contribution in [0.25, 0.3) is 5.69 Å². The van der Waals surface area contributed by atoms with Gasteiger partial charge in [-0.1, -0.05) is 29.7 Å². The Hall–Kier alpha value is -1.95. The first-order valence-corrected chi connectivity index (χ1v) is 7.16. The van der Waals surface area contributed by atoms with E-state index in [1.165, 1.54) is 19.3 Å². The molecule has 1 aromatic carbocycles. The number of hydrogen-bond donors (Lipinski definition) is 2. The molecule has 2 unspecified atom stereocenters. The minimum atomic E-state index is 0.626. The summed E-state index contributed by atoms with van der Waals surface area (Å²) in [5.74, 6) is 1.95. The molecule has 0 aliphatic heterocycles. The number of benzene rings is 1. The van der Waals surface area contributed by atoms with Gasteiger partial charge < -0.3 is 11.1 Å². The SMILES string of the molecule is NCC1CCCC1CNc1nnnn1-c1ccccc1. The Balaban J connectivity index is 1.68. The van der Waals surface area contributed by atoms with Crippen molar-refractivity contribution in [3.05, 3.63) is 30.3 Å². The van der Waals surface area contributed by atoms with Crippen LogP contribution in [0.4, 0.5) is 5.95 Å². The van der Waals surface area contributed by atoms with E-state index in [4.69, 9.17) is 5.73 Å². The number of anilines is 1. The van der Waals surface area contributed by atoms with Gasteiger partial charge >= 0.3 is 0 Å². The normalized spacial score (nSPS) is 22.1. The molecule has 1 aliphatic rings. The van der Waals surface area contributed by atoms with Crippen LogP contribution in [0, 0.1) is 11.8 Å². The van der Waals surface area contributed by atoms with Crippen molar-refractivity contribution in [2.75, 3.05) is 18.4 Å². The highest BCUT2D eigenvalue weighted by Crippen LogP contribution is 2.30. The van der Waals surface area contributed by atoms with E-state index in [0.717, 1.165) is 18.8 Å². The number of nitrogens with zero attached hydrogens (tertiary/aromatic N) is 4. The molecule has 1 saturated carbocycles. The van der Waals surface area contributed by atoms with Crippen molar-refractivity contribution in [1.82, 2.24) is 20.2 Å². The van der Waals surface area contributed by atoms with Crippen LogP contribution >= 0.6 is 0 Å². The molecule has 3 N–H and O–H groups in total. The molecule has 106 valence electrons. The number of nitrogens with one attached hydrogen (secondary N) is 1. The second-order valence-electron chi connectivity index (χ2n) is 5.32. The molecule has 1 heterocycles. The van der Waals surface area contributed by atoms with Gasteiger partial charge in [-0.15, -0.1) is 0 Å². The van der Waals surface area contributed by atoms with Gasteiger partial charge in [0.1, 0.15) is 0 Å². The van der Waals surface area contributed by atoms with E-state index in [-0.39, 0.29) is 0 Å². The molecule has 0 amide bonds. The zero-order valence-electron chi connectivity index (χ0n) is 11.4. The van der Waals surface area contributed by atoms with Crippen LogP contribution in [-0.4, -0.2) is 33.3 Å². The van der Waals surface area contributed by atoms with E-state index in [2.05, 4.69) is 20.8 Å². The summed E-state index contributed by atoms with van der Waals surface area (Å²) in [7, 11) is 0. The second-order valence-corrected chi connectivity index (χ2v) is 5.32. The minimum Gasteiger partial charge on any atom is -0.352 e. The van der Waals surface area contributed by atoms with E-state index < -0.39 is 0 Å². The molecule has 1 fully saturated rings. The zero-order valence-corrected chi connectivity index (χ0v) is 11.4. The molecule has 2 aromatic rings. The molecule has 2 atom stereocenters. The maximum atomic E-state index is 5.82. The minimum absolute atomic E-state index is 0.626. The number of para-hydroxylation sites is 1. The summed E-state index contributed by atoms with van der Waals surface area (Å²) in [6, 6.07) is 9.90. The quantitative estimate of drug-likeness (QED) is 0.861. The van der Waals surface area contributed by atoms with Crippen molar-refractivity contribution in [1.29, 1.82) is 0 Å². The van der Waals surface area contributed by atoms with Crippen LogP contribution in [-0.2, 0) is 0 Å². The monoisotopic (exact) mass is 272 g/mol. The molecule has 20 heavy (non-hydrogen) atoms. The highest BCUT2D eigenvalue weighted by Gasteiger charge is 2.26. The summed E-state index contributed by atoms with van der Waals surface area (Å²) in [5, 5.41) is 15.2. The van der Waals surface area contributed by atoms with Gasteiger partial charge in [-0.3, -0.25) is 0 Å². The third-order valence-corrected chi connectivity index (χ3v) is 4.11. The third kappa shape index (κ3) is 2.65. The Bertz CT molecular complexity index is 538. The highest BCUT2D eigenvalue weighted by molar-refractivity contribution is 5.38. The maximum Gasteiger partial charge on any atom is 0.247 e. The summed E-state index contributed by atoms with van der Waals surface area (Å²) in [6.45, 7) is 1.66. The second kappa shape index (κ2) is 6.00. The lowest BCUT2D eigenvalue weighted by atomic mass is 9.96. The van der Waals surface area contributed by atoms with E-state index in [1.807, 2.05) is 30.3 Å². The van der Waals surface area contributed by atoms with Crippen molar-refractivity contribution in [2.24, 2.45) is 17.6 Å². The van der Waals surface area contributed by atoms with E-state index in [9.17, 15) is 0 Å². The van der Waals surface area contributed by atoms with Crippen LogP contribution < -0.4 is 11.1 Å². The fourth-order valence-electron chi connectivity index (χ4n) is 2.96. The van der Waals surface area contributed by atoms with Gasteiger partial charge in [0, 0.05) is 6.54 Å². The summed E-state index contributed by atoms with van der Waals surface area (Å²) in [4.78, 5) is 0. The molecule has 0 bridgehead atoms.